The molecular formula is C17H19F3N2O3. The number of ether oxygens (including phenoxy) is 2. The van der Waals surface area contributed by atoms with Gasteiger partial charge in [0.05, 0.1) is 19.4 Å². The van der Waals surface area contributed by atoms with Gasteiger partial charge in [0.15, 0.2) is 0 Å². The molecule has 0 spiro atoms. The smallest absolute Gasteiger partial charge is 0.496 e. The molecule has 0 aliphatic carbocycles. The molecule has 1 atom stereocenters. The number of nitrogens with one attached hydrogen (secondary N) is 1. The van der Waals surface area contributed by atoms with E-state index in [1.54, 1.807) is 18.4 Å². The van der Waals surface area contributed by atoms with Crippen LogP contribution >= 0.6 is 0 Å². The third-order valence-electron chi connectivity index (χ3n) is 4.06. The molecule has 0 saturated carbocycles. The minimum absolute atomic E-state index is 0.244. The lowest BCUT2D eigenvalue weighted by molar-refractivity contribution is -0.274. The standard InChI is InChI=1S/C17H19F3N2O3/c1-23-15-11-12(25-17(18,19)20)4-5-13(15)16(14-3-2-10-24-14)22-8-6-21-7-9-22/h2-5,10-11,16,21H,6-9H2,1H3/t16-/m1/s1. The van der Waals surface area contributed by atoms with E-state index in [0.29, 0.717) is 11.5 Å². The first kappa shape index (κ1) is 17.6. The summed E-state index contributed by atoms with van der Waals surface area (Å²) in [5, 5.41) is 3.28. The highest BCUT2D eigenvalue weighted by atomic mass is 19.4. The fraction of sp³-hybridized carbons (Fsp3) is 0.412. The van der Waals surface area contributed by atoms with Crippen molar-refractivity contribution in [2.24, 2.45) is 0 Å². The van der Waals surface area contributed by atoms with Crippen molar-refractivity contribution in [1.29, 1.82) is 0 Å². The lowest BCUT2D eigenvalue weighted by Gasteiger charge is -2.34. The molecule has 25 heavy (non-hydrogen) atoms. The Bertz CT molecular complexity index is 683. The highest BCUT2D eigenvalue weighted by Gasteiger charge is 2.33. The summed E-state index contributed by atoms with van der Waals surface area (Å²) in [5.41, 5.74) is 0.730. The summed E-state index contributed by atoms with van der Waals surface area (Å²) < 4.78 is 52.3. The minimum Gasteiger partial charge on any atom is -0.496 e. The maximum absolute atomic E-state index is 12.5. The predicted octanol–water partition coefficient (Wildman–Crippen LogP) is 3.18. The Labute approximate surface area is 143 Å². The zero-order valence-corrected chi connectivity index (χ0v) is 13.7. The van der Waals surface area contributed by atoms with E-state index >= 15 is 0 Å². The number of rotatable bonds is 5. The molecule has 0 radical (unpaired) electrons. The average molecular weight is 356 g/mol. The third kappa shape index (κ3) is 4.26. The van der Waals surface area contributed by atoms with Crippen LogP contribution in [-0.2, 0) is 0 Å². The van der Waals surface area contributed by atoms with Crippen LogP contribution in [0.15, 0.2) is 41.0 Å². The maximum Gasteiger partial charge on any atom is 0.573 e. The van der Waals surface area contributed by atoms with Gasteiger partial charge in [-0.3, -0.25) is 4.90 Å². The van der Waals surface area contributed by atoms with Crippen LogP contribution < -0.4 is 14.8 Å². The van der Waals surface area contributed by atoms with Crippen molar-refractivity contribution < 1.29 is 27.1 Å². The number of hydrogen-bond acceptors (Lipinski definition) is 5. The van der Waals surface area contributed by atoms with Crippen LogP contribution in [0.5, 0.6) is 11.5 Å². The molecule has 0 amide bonds. The van der Waals surface area contributed by atoms with E-state index in [-0.39, 0.29) is 11.8 Å². The molecule has 1 saturated heterocycles. The van der Waals surface area contributed by atoms with Gasteiger partial charge in [-0.2, -0.15) is 0 Å². The summed E-state index contributed by atoms with van der Waals surface area (Å²) >= 11 is 0. The van der Waals surface area contributed by atoms with Crippen molar-refractivity contribution in [1.82, 2.24) is 10.2 Å². The van der Waals surface area contributed by atoms with Crippen LogP contribution in [0, 0.1) is 0 Å². The van der Waals surface area contributed by atoms with E-state index in [9.17, 15) is 13.2 Å². The molecule has 1 aliphatic rings. The van der Waals surface area contributed by atoms with Crippen molar-refractivity contribution in [3.63, 3.8) is 0 Å². The molecule has 3 rings (SSSR count). The molecule has 0 bridgehead atoms. The highest BCUT2D eigenvalue weighted by Crippen LogP contribution is 2.38. The van der Waals surface area contributed by atoms with Crippen LogP contribution in [0.25, 0.3) is 0 Å². The predicted molar refractivity (Wildman–Crippen MR) is 84.7 cm³/mol. The van der Waals surface area contributed by atoms with Gasteiger partial charge in [-0.05, 0) is 24.3 Å². The zero-order chi connectivity index (χ0) is 17.9. The van der Waals surface area contributed by atoms with E-state index in [0.717, 1.165) is 31.7 Å². The molecule has 1 aromatic heterocycles. The second kappa shape index (κ2) is 7.37. The number of furan rings is 1. The molecule has 2 aromatic rings. The normalized spacial score (nSPS) is 17.3. The van der Waals surface area contributed by atoms with E-state index in [4.69, 9.17) is 9.15 Å². The van der Waals surface area contributed by atoms with E-state index < -0.39 is 6.36 Å². The van der Waals surface area contributed by atoms with Gasteiger partial charge in [0.1, 0.15) is 17.3 Å². The van der Waals surface area contributed by atoms with Gasteiger partial charge in [-0.1, -0.05) is 0 Å². The quantitative estimate of drug-likeness (QED) is 0.892. The third-order valence-corrected chi connectivity index (χ3v) is 4.06. The molecule has 5 nitrogen and oxygen atoms in total. The summed E-state index contributed by atoms with van der Waals surface area (Å²) in [5.74, 6) is 0.720. The Morgan fingerprint density at radius 1 is 1.20 bits per heavy atom. The monoisotopic (exact) mass is 356 g/mol. The van der Waals surface area contributed by atoms with E-state index in [1.165, 1.54) is 19.2 Å². The Balaban J connectivity index is 1.97. The van der Waals surface area contributed by atoms with Crippen molar-refractivity contribution in [3.05, 3.63) is 47.9 Å². The first-order valence-corrected chi connectivity index (χ1v) is 7.90. The summed E-state index contributed by atoms with van der Waals surface area (Å²) in [7, 11) is 1.42. The second-order valence-electron chi connectivity index (χ2n) is 5.66. The zero-order valence-electron chi connectivity index (χ0n) is 13.7. The van der Waals surface area contributed by atoms with Crippen molar-refractivity contribution >= 4 is 0 Å². The number of methoxy groups -OCH3 is 1. The van der Waals surface area contributed by atoms with Gasteiger partial charge in [0.2, 0.25) is 0 Å². The van der Waals surface area contributed by atoms with Gasteiger partial charge in [0.25, 0.3) is 0 Å². The largest absolute Gasteiger partial charge is 0.573 e. The molecule has 2 heterocycles. The Kier molecular flexibility index (Phi) is 5.19. The Morgan fingerprint density at radius 3 is 2.56 bits per heavy atom. The minimum atomic E-state index is -4.74. The summed E-state index contributed by atoms with van der Waals surface area (Å²) in [6.45, 7) is 3.23. The number of nitrogens with zero attached hydrogens (tertiary/aromatic N) is 1. The molecule has 1 aliphatic heterocycles. The van der Waals surface area contributed by atoms with Gasteiger partial charge >= 0.3 is 6.36 Å². The van der Waals surface area contributed by atoms with Crippen molar-refractivity contribution in [2.45, 2.75) is 12.4 Å². The van der Waals surface area contributed by atoms with E-state index in [1.807, 2.05) is 6.07 Å². The molecule has 8 heteroatoms. The lowest BCUT2D eigenvalue weighted by atomic mass is 10.0. The Hall–Kier alpha value is -2.19. The molecule has 136 valence electrons. The van der Waals surface area contributed by atoms with Crippen LogP contribution in [0.4, 0.5) is 13.2 Å². The van der Waals surface area contributed by atoms with Gasteiger partial charge in [0, 0.05) is 37.8 Å². The number of piperazine rings is 1. The highest BCUT2D eigenvalue weighted by molar-refractivity contribution is 5.45. The SMILES string of the molecule is COc1cc(OC(F)(F)F)ccc1[C@H](c1ccco1)N1CCNCC1. The topological polar surface area (TPSA) is 46.9 Å². The van der Waals surface area contributed by atoms with Gasteiger partial charge in [-0.25, -0.2) is 0 Å². The lowest BCUT2D eigenvalue weighted by Crippen LogP contribution is -2.45. The first-order chi connectivity index (χ1) is 12.0. The number of halogens is 3. The van der Waals surface area contributed by atoms with Crippen molar-refractivity contribution in [3.8, 4) is 11.5 Å². The molecule has 0 unspecified atom stereocenters. The molecule has 1 N–H and O–H groups in total. The molecular weight excluding hydrogens is 337 g/mol. The van der Waals surface area contributed by atoms with Crippen LogP contribution in [0.2, 0.25) is 0 Å². The summed E-state index contributed by atoms with van der Waals surface area (Å²) in [6, 6.07) is 7.54. The van der Waals surface area contributed by atoms with Crippen LogP contribution in [-0.4, -0.2) is 44.6 Å². The maximum atomic E-state index is 12.5. The molecule has 1 fully saturated rings. The van der Waals surface area contributed by atoms with Crippen LogP contribution in [0.1, 0.15) is 17.4 Å². The second-order valence-corrected chi connectivity index (χ2v) is 5.66. The summed E-state index contributed by atoms with van der Waals surface area (Å²) in [4.78, 5) is 2.21. The fourth-order valence-electron chi connectivity index (χ4n) is 3.03. The van der Waals surface area contributed by atoms with Gasteiger partial charge in [-0.15, -0.1) is 13.2 Å². The first-order valence-electron chi connectivity index (χ1n) is 7.90. The number of benzene rings is 1. The van der Waals surface area contributed by atoms with Gasteiger partial charge < -0.3 is 19.2 Å². The summed E-state index contributed by atoms with van der Waals surface area (Å²) in [6.07, 6.45) is -3.16. The van der Waals surface area contributed by atoms with Crippen LogP contribution in [0.3, 0.4) is 0 Å². The number of alkyl halides is 3. The number of hydrogen-bond donors (Lipinski definition) is 1. The Morgan fingerprint density at radius 2 is 1.96 bits per heavy atom. The fourth-order valence-corrected chi connectivity index (χ4v) is 3.03. The average Bonchev–Trinajstić information content (AvgIpc) is 3.10. The van der Waals surface area contributed by atoms with Crippen molar-refractivity contribution in [2.75, 3.05) is 33.3 Å². The molecule has 1 aromatic carbocycles. The van der Waals surface area contributed by atoms with E-state index in [2.05, 4.69) is 15.0 Å².